The second-order valence-corrected chi connectivity index (χ2v) is 9.52. The first kappa shape index (κ1) is 35.1. The van der Waals surface area contributed by atoms with Crippen molar-refractivity contribution >= 4 is 29.4 Å². The maximum absolute atomic E-state index is 13.2. The third kappa shape index (κ3) is 13.3. The van der Waals surface area contributed by atoms with E-state index in [0.29, 0.717) is 36.6 Å². The Hall–Kier alpha value is -5.07. The number of nitrogens with zero attached hydrogens (tertiary/aromatic N) is 1. The fourth-order valence-corrected chi connectivity index (χ4v) is 3.70. The molecule has 44 heavy (non-hydrogen) atoms. The minimum atomic E-state index is -5.08. The third-order valence-electron chi connectivity index (χ3n) is 5.94. The van der Waals surface area contributed by atoms with Crippen LogP contribution in [0, 0.1) is 0 Å². The van der Waals surface area contributed by atoms with Crippen molar-refractivity contribution in [3.05, 3.63) is 95.6 Å². The standard InChI is InChI=1S/C29H35N5O3.C2HF3O2/c1-2-3-5-10-26(35)34-27(28(36)32-19-21-11-15-24(16-12-21)33-29(30)31)23-13-17-25(18-14-23)37-20-22-8-6-4-7-9-22;3-2(4,5)1(6)7/h4,6-9,11-18,27H,2-3,5,10,19-20H2,1H3,(H,32,36)(H,34,35)(H4,30,31,33);(H,6,7)/t27-;/m1./s1. The number of aliphatic imine (C=N–C) groups is 1. The summed E-state index contributed by atoms with van der Waals surface area (Å²) in [6.07, 6.45) is -1.94. The number of rotatable bonds is 13. The van der Waals surface area contributed by atoms with E-state index < -0.39 is 18.2 Å². The van der Waals surface area contributed by atoms with Crippen molar-refractivity contribution in [2.24, 2.45) is 16.5 Å². The predicted molar refractivity (Wildman–Crippen MR) is 160 cm³/mol. The summed E-state index contributed by atoms with van der Waals surface area (Å²) >= 11 is 0. The lowest BCUT2D eigenvalue weighted by Gasteiger charge is -2.19. The number of carbonyl (C=O) groups is 3. The van der Waals surface area contributed by atoms with Gasteiger partial charge in [0.05, 0.1) is 5.69 Å². The molecule has 3 rings (SSSR count). The summed E-state index contributed by atoms with van der Waals surface area (Å²) in [6.45, 7) is 2.82. The van der Waals surface area contributed by atoms with Crippen molar-refractivity contribution in [1.29, 1.82) is 0 Å². The van der Waals surface area contributed by atoms with Crippen LogP contribution in [0.1, 0.15) is 55.3 Å². The van der Waals surface area contributed by atoms with Crippen LogP contribution in [0.15, 0.2) is 83.9 Å². The molecule has 0 saturated heterocycles. The average Bonchev–Trinajstić information content (AvgIpc) is 2.99. The van der Waals surface area contributed by atoms with Crippen molar-refractivity contribution in [3.8, 4) is 5.75 Å². The lowest BCUT2D eigenvalue weighted by molar-refractivity contribution is -0.192. The molecule has 7 N–H and O–H groups in total. The Balaban J connectivity index is 0.000000860. The number of halogens is 3. The van der Waals surface area contributed by atoms with E-state index in [0.717, 1.165) is 30.4 Å². The number of amides is 2. The number of hydrogen-bond acceptors (Lipinski definition) is 5. The number of carboxylic acid groups (broad SMARTS) is 1. The Labute approximate surface area is 253 Å². The summed E-state index contributed by atoms with van der Waals surface area (Å²) in [4.78, 5) is 38.6. The molecule has 0 spiro atoms. The molecule has 3 aromatic carbocycles. The van der Waals surface area contributed by atoms with Gasteiger partial charge in [-0.3, -0.25) is 9.59 Å². The fourth-order valence-electron chi connectivity index (χ4n) is 3.70. The smallest absolute Gasteiger partial charge is 0.489 e. The molecule has 0 aromatic heterocycles. The van der Waals surface area contributed by atoms with Crippen molar-refractivity contribution in [2.75, 3.05) is 0 Å². The minimum Gasteiger partial charge on any atom is -0.489 e. The van der Waals surface area contributed by atoms with E-state index in [-0.39, 0.29) is 17.8 Å². The van der Waals surface area contributed by atoms with Crippen LogP contribution < -0.4 is 26.8 Å². The number of ether oxygens (including phenoxy) is 1. The molecular weight excluding hydrogens is 579 g/mol. The molecule has 3 aromatic rings. The predicted octanol–water partition coefficient (Wildman–Crippen LogP) is 4.86. The van der Waals surface area contributed by atoms with Crippen LogP contribution in [0.2, 0.25) is 0 Å². The van der Waals surface area contributed by atoms with Gasteiger partial charge in [-0.2, -0.15) is 13.2 Å². The van der Waals surface area contributed by atoms with Gasteiger partial charge >= 0.3 is 12.1 Å². The molecule has 0 unspecified atom stereocenters. The van der Waals surface area contributed by atoms with Crippen LogP contribution in [-0.2, 0) is 27.5 Å². The quantitative estimate of drug-likeness (QED) is 0.104. The van der Waals surface area contributed by atoms with E-state index in [1.54, 1.807) is 24.3 Å². The number of nitrogens with two attached hydrogens (primary N) is 2. The van der Waals surface area contributed by atoms with Crippen LogP contribution in [-0.4, -0.2) is 35.0 Å². The molecule has 0 aliphatic rings. The number of unbranched alkanes of at least 4 members (excludes halogenated alkanes) is 2. The first-order chi connectivity index (χ1) is 20.9. The van der Waals surface area contributed by atoms with Gasteiger partial charge in [-0.15, -0.1) is 0 Å². The van der Waals surface area contributed by atoms with E-state index in [9.17, 15) is 22.8 Å². The van der Waals surface area contributed by atoms with Gasteiger partial charge in [0.15, 0.2) is 5.96 Å². The zero-order valence-electron chi connectivity index (χ0n) is 24.1. The Bertz CT molecular complexity index is 1360. The second kappa shape index (κ2) is 17.8. The highest BCUT2D eigenvalue weighted by Crippen LogP contribution is 2.20. The highest BCUT2D eigenvalue weighted by atomic mass is 19.4. The lowest BCUT2D eigenvalue weighted by atomic mass is 10.0. The van der Waals surface area contributed by atoms with E-state index >= 15 is 0 Å². The van der Waals surface area contributed by atoms with Gasteiger partial charge in [0.25, 0.3) is 0 Å². The van der Waals surface area contributed by atoms with Crippen LogP contribution in [0.25, 0.3) is 0 Å². The molecule has 2 amide bonds. The molecule has 0 bridgehead atoms. The summed E-state index contributed by atoms with van der Waals surface area (Å²) in [7, 11) is 0. The maximum atomic E-state index is 13.2. The van der Waals surface area contributed by atoms with E-state index in [4.69, 9.17) is 26.1 Å². The number of carbonyl (C=O) groups excluding carboxylic acids is 2. The highest BCUT2D eigenvalue weighted by Gasteiger charge is 2.38. The highest BCUT2D eigenvalue weighted by molar-refractivity contribution is 5.88. The van der Waals surface area contributed by atoms with Gasteiger partial charge in [-0.25, -0.2) is 9.79 Å². The molecular formula is C31H36F3N5O5. The first-order valence-corrected chi connectivity index (χ1v) is 13.7. The summed E-state index contributed by atoms with van der Waals surface area (Å²) < 4.78 is 37.6. The SMILES string of the molecule is CCCCCC(=O)N[C@@H](C(=O)NCc1ccc(N=C(N)N)cc1)c1ccc(OCc2ccccc2)cc1.O=C(O)C(F)(F)F. The van der Waals surface area contributed by atoms with E-state index in [2.05, 4.69) is 22.5 Å². The summed E-state index contributed by atoms with van der Waals surface area (Å²) in [5.74, 6) is -2.54. The number of hydrogen-bond donors (Lipinski definition) is 5. The Morgan fingerprint density at radius 2 is 1.52 bits per heavy atom. The number of carboxylic acids is 1. The number of benzene rings is 3. The maximum Gasteiger partial charge on any atom is 0.490 e. The normalized spacial score (nSPS) is 11.3. The van der Waals surface area contributed by atoms with Crippen molar-refractivity contribution in [1.82, 2.24) is 10.6 Å². The van der Waals surface area contributed by atoms with Crippen LogP contribution in [0.3, 0.4) is 0 Å². The van der Waals surface area contributed by atoms with Crippen molar-refractivity contribution in [2.45, 2.75) is 58.0 Å². The van der Waals surface area contributed by atoms with Crippen LogP contribution in [0.5, 0.6) is 5.75 Å². The minimum absolute atomic E-state index is 0.0185. The zero-order chi connectivity index (χ0) is 32.5. The Kier molecular flexibility index (Phi) is 14.2. The van der Waals surface area contributed by atoms with E-state index in [1.807, 2.05) is 54.6 Å². The largest absolute Gasteiger partial charge is 0.490 e. The Morgan fingerprint density at radius 1 is 0.909 bits per heavy atom. The first-order valence-electron chi connectivity index (χ1n) is 13.7. The van der Waals surface area contributed by atoms with Gasteiger partial charge in [0.2, 0.25) is 11.8 Å². The van der Waals surface area contributed by atoms with Gasteiger partial charge in [0, 0.05) is 13.0 Å². The van der Waals surface area contributed by atoms with E-state index in [1.165, 1.54) is 0 Å². The average molecular weight is 616 g/mol. The van der Waals surface area contributed by atoms with Gasteiger partial charge in [0.1, 0.15) is 18.4 Å². The fraction of sp³-hybridized carbons (Fsp3) is 0.290. The van der Waals surface area contributed by atoms with Crippen molar-refractivity contribution < 1.29 is 37.4 Å². The molecule has 0 aliphatic carbocycles. The number of alkyl halides is 3. The summed E-state index contributed by atoms with van der Waals surface area (Å²) in [5.41, 5.74) is 14.1. The summed E-state index contributed by atoms with van der Waals surface area (Å²) in [5, 5.41) is 12.9. The van der Waals surface area contributed by atoms with Crippen LogP contribution in [0.4, 0.5) is 18.9 Å². The molecule has 1 atom stereocenters. The molecule has 0 aliphatic heterocycles. The topological polar surface area (TPSA) is 169 Å². The number of nitrogens with one attached hydrogen (secondary N) is 2. The van der Waals surface area contributed by atoms with Gasteiger partial charge < -0.3 is 31.9 Å². The molecule has 0 radical (unpaired) electrons. The molecule has 13 heteroatoms. The summed E-state index contributed by atoms with van der Waals surface area (Å²) in [6, 6.07) is 23.5. The second-order valence-electron chi connectivity index (χ2n) is 9.52. The molecule has 0 saturated carbocycles. The molecule has 0 fully saturated rings. The Morgan fingerprint density at radius 3 is 2.07 bits per heavy atom. The van der Waals surface area contributed by atoms with Crippen LogP contribution >= 0.6 is 0 Å². The molecule has 236 valence electrons. The van der Waals surface area contributed by atoms with Gasteiger partial charge in [-0.1, -0.05) is 74.4 Å². The monoisotopic (exact) mass is 615 g/mol. The number of aliphatic carboxylic acids is 1. The lowest BCUT2D eigenvalue weighted by Crippen LogP contribution is -2.40. The molecule has 10 nitrogen and oxygen atoms in total. The molecule has 0 heterocycles. The third-order valence-corrected chi connectivity index (χ3v) is 5.94. The van der Waals surface area contributed by atoms with Gasteiger partial charge in [-0.05, 0) is 47.4 Å². The van der Waals surface area contributed by atoms with Crippen molar-refractivity contribution in [3.63, 3.8) is 0 Å². The zero-order valence-corrected chi connectivity index (χ0v) is 24.1. The number of guanidine groups is 1.